The van der Waals surface area contributed by atoms with Crippen molar-refractivity contribution in [2.24, 2.45) is 5.73 Å². The van der Waals surface area contributed by atoms with Gasteiger partial charge in [-0.2, -0.15) is 0 Å². The van der Waals surface area contributed by atoms with Gasteiger partial charge in [-0.05, 0) is 19.8 Å². The molecule has 1 fully saturated rings. The monoisotopic (exact) mass is 272 g/mol. The number of rotatable bonds is 7. The highest BCUT2D eigenvalue weighted by Gasteiger charge is 2.26. The van der Waals surface area contributed by atoms with Crippen molar-refractivity contribution >= 4 is 5.91 Å². The highest BCUT2D eigenvalue weighted by Crippen LogP contribution is 2.25. The Morgan fingerprint density at radius 3 is 2.53 bits per heavy atom. The molecule has 3 N–H and O–H groups in total. The summed E-state index contributed by atoms with van der Waals surface area (Å²) in [5, 5.41) is 2.81. The van der Waals surface area contributed by atoms with E-state index in [9.17, 15) is 4.79 Å². The second-order valence-electron chi connectivity index (χ2n) is 5.69. The Morgan fingerprint density at radius 1 is 1.32 bits per heavy atom. The maximum absolute atomic E-state index is 11.6. The number of nitrogens with two attached hydrogens (primary N) is 1. The van der Waals surface area contributed by atoms with Crippen molar-refractivity contribution in [3.63, 3.8) is 0 Å². The fourth-order valence-electron chi connectivity index (χ4n) is 2.53. The number of carbonyl (C=O) groups is 1. The van der Waals surface area contributed by atoms with Gasteiger partial charge < -0.3 is 20.5 Å². The summed E-state index contributed by atoms with van der Waals surface area (Å²) in [4.78, 5) is 11.6. The van der Waals surface area contributed by atoms with E-state index in [-0.39, 0.29) is 24.1 Å². The first kappa shape index (κ1) is 16.4. The standard InChI is InChI=1S/C14H28N2O3/c1-12(9-18-2)16-13(17)10-19-11-14(15)7-5-3-4-6-8-14/h12H,3-11,15H2,1-2H3,(H,16,17). The molecule has 1 rings (SSSR count). The van der Waals surface area contributed by atoms with Crippen LogP contribution < -0.4 is 11.1 Å². The van der Waals surface area contributed by atoms with Crippen molar-refractivity contribution in [3.05, 3.63) is 0 Å². The summed E-state index contributed by atoms with van der Waals surface area (Å²) in [6.45, 7) is 2.95. The van der Waals surface area contributed by atoms with Crippen molar-refractivity contribution < 1.29 is 14.3 Å². The van der Waals surface area contributed by atoms with Crippen molar-refractivity contribution in [3.8, 4) is 0 Å². The SMILES string of the molecule is COCC(C)NC(=O)COCC1(N)CCCCCC1. The minimum absolute atomic E-state index is 0.00539. The Hall–Kier alpha value is -0.650. The molecule has 0 spiro atoms. The molecule has 0 aromatic carbocycles. The topological polar surface area (TPSA) is 73.6 Å². The van der Waals surface area contributed by atoms with E-state index < -0.39 is 0 Å². The zero-order valence-electron chi connectivity index (χ0n) is 12.2. The molecule has 1 aliphatic carbocycles. The van der Waals surface area contributed by atoms with Crippen molar-refractivity contribution in [1.29, 1.82) is 0 Å². The minimum atomic E-state index is -0.241. The molecule has 5 heteroatoms. The third kappa shape index (κ3) is 6.89. The molecule has 0 radical (unpaired) electrons. The van der Waals surface area contributed by atoms with E-state index in [1.54, 1.807) is 7.11 Å². The maximum atomic E-state index is 11.6. The molecule has 1 atom stereocenters. The Bertz CT molecular complexity index is 263. The summed E-state index contributed by atoms with van der Waals surface area (Å²) in [6.07, 6.45) is 6.83. The normalized spacial score (nSPS) is 20.6. The number of methoxy groups -OCH3 is 1. The fraction of sp³-hybridized carbons (Fsp3) is 0.929. The quantitative estimate of drug-likeness (QED) is 0.683. The van der Waals surface area contributed by atoms with Crippen LogP contribution in [0.4, 0.5) is 0 Å². The number of amides is 1. The molecule has 1 saturated carbocycles. The van der Waals surface area contributed by atoms with Crippen molar-refractivity contribution in [2.45, 2.75) is 57.0 Å². The van der Waals surface area contributed by atoms with Crippen LogP contribution in [0.15, 0.2) is 0 Å². The van der Waals surface area contributed by atoms with Crippen molar-refractivity contribution in [1.82, 2.24) is 5.32 Å². The summed E-state index contributed by atoms with van der Waals surface area (Å²) in [5.41, 5.74) is 6.08. The van der Waals surface area contributed by atoms with Crippen LogP contribution in [-0.2, 0) is 14.3 Å². The first-order chi connectivity index (χ1) is 9.06. The van der Waals surface area contributed by atoms with Gasteiger partial charge in [-0.15, -0.1) is 0 Å². The molecule has 0 aromatic heterocycles. The van der Waals surface area contributed by atoms with E-state index in [0.717, 1.165) is 25.7 Å². The first-order valence-corrected chi connectivity index (χ1v) is 7.21. The second kappa shape index (κ2) is 8.51. The van der Waals surface area contributed by atoms with Gasteiger partial charge in [-0.1, -0.05) is 25.7 Å². The average Bonchev–Trinajstić information content (AvgIpc) is 2.54. The van der Waals surface area contributed by atoms with Gasteiger partial charge in [0.15, 0.2) is 0 Å². The van der Waals surface area contributed by atoms with Crippen LogP contribution in [0.5, 0.6) is 0 Å². The van der Waals surface area contributed by atoms with Gasteiger partial charge in [-0.3, -0.25) is 4.79 Å². The predicted octanol–water partition coefficient (Wildman–Crippen LogP) is 1.21. The third-order valence-electron chi connectivity index (χ3n) is 3.55. The van der Waals surface area contributed by atoms with Gasteiger partial charge in [0.2, 0.25) is 5.91 Å². The van der Waals surface area contributed by atoms with Crippen molar-refractivity contribution in [2.75, 3.05) is 26.9 Å². The van der Waals surface area contributed by atoms with Crippen LogP contribution in [0.25, 0.3) is 0 Å². The first-order valence-electron chi connectivity index (χ1n) is 7.21. The maximum Gasteiger partial charge on any atom is 0.246 e. The summed E-state index contributed by atoms with van der Waals surface area (Å²) >= 11 is 0. The Morgan fingerprint density at radius 2 is 1.95 bits per heavy atom. The average molecular weight is 272 g/mol. The van der Waals surface area contributed by atoms with Gasteiger partial charge in [-0.25, -0.2) is 0 Å². The zero-order chi connectivity index (χ0) is 14.1. The van der Waals surface area contributed by atoms with Gasteiger partial charge in [0, 0.05) is 18.7 Å². The molecular weight excluding hydrogens is 244 g/mol. The van der Waals surface area contributed by atoms with Crippen LogP contribution in [0, 0.1) is 0 Å². The largest absolute Gasteiger partial charge is 0.383 e. The van der Waals surface area contributed by atoms with E-state index in [1.807, 2.05) is 6.92 Å². The summed E-state index contributed by atoms with van der Waals surface area (Å²) < 4.78 is 10.5. The van der Waals surface area contributed by atoms with Crippen LogP contribution in [0.2, 0.25) is 0 Å². The molecule has 0 aromatic rings. The Labute approximate surface area is 116 Å². The highest BCUT2D eigenvalue weighted by molar-refractivity contribution is 5.77. The lowest BCUT2D eigenvalue weighted by Crippen LogP contribution is -2.45. The molecule has 0 saturated heterocycles. The van der Waals surface area contributed by atoms with E-state index in [0.29, 0.717) is 13.2 Å². The summed E-state index contributed by atoms with van der Waals surface area (Å²) in [6, 6.07) is 0.00539. The molecule has 0 heterocycles. The van der Waals surface area contributed by atoms with Crippen LogP contribution >= 0.6 is 0 Å². The zero-order valence-corrected chi connectivity index (χ0v) is 12.2. The molecule has 0 aliphatic heterocycles. The lowest BCUT2D eigenvalue weighted by Gasteiger charge is -2.27. The predicted molar refractivity (Wildman–Crippen MR) is 74.9 cm³/mol. The number of nitrogens with one attached hydrogen (secondary N) is 1. The van der Waals surface area contributed by atoms with Gasteiger partial charge in [0.1, 0.15) is 6.61 Å². The Kier molecular flexibility index (Phi) is 7.34. The summed E-state index contributed by atoms with van der Waals surface area (Å²) in [5.74, 6) is -0.109. The molecule has 1 unspecified atom stereocenters. The lowest BCUT2D eigenvalue weighted by atomic mass is 9.93. The van der Waals surface area contributed by atoms with E-state index >= 15 is 0 Å². The number of carbonyl (C=O) groups excluding carboxylic acids is 1. The van der Waals surface area contributed by atoms with E-state index in [2.05, 4.69) is 5.32 Å². The fourth-order valence-corrected chi connectivity index (χ4v) is 2.53. The molecular formula is C14H28N2O3. The Balaban J connectivity index is 2.19. The molecule has 1 amide bonds. The molecule has 19 heavy (non-hydrogen) atoms. The smallest absolute Gasteiger partial charge is 0.246 e. The van der Waals surface area contributed by atoms with Crippen LogP contribution in [-0.4, -0.2) is 44.4 Å². The second-order valence-corrected chi connectivity index (χ2v) is 5.69. The molecule has 112 valence electrons. The lowest BCUT2D eigenvalue weighted by molar-refractivity contribution is -0.127. The number of ether oxygens (including phenoxy) is 2. The highest BCUT2D eigenvalue weighted by atomic mass is 16.5. The van der Waals surface area contributed by atoms with Crippen LogP contribution in [0.3, 0.4) is 0 Å². The summed E-state index contributed by atoms with van der Waals surface area (Å²) in [7, 11) is 1.61. The number of hydrogen-bond acceptors (Lipinski definition) is 4. The van der Waals surface area contributed by atoms with Crippen LogP contribution in [0.1, 0.15) is 45.4 Å². The molecule has 5 nitrogen and oxygen atoms in total. The van der Waals surface area contributed by atoms with Gasteiger partial charge in [0.05, 0.1) is 13.2 Å². The number of hydrogen-bond donors (Lipinski definition) is 2. The van der Waals surface area contributed by atoms with E-state index in [1.165, 1.54) is 12.8 Å². The van der Waals surface area contributed by atoms with Gasteiger partial charge >= 0.3 is 0 Å². The van der Waals surface area contributed by atoms with E-state index in [4.69, 9.17) is 15.2 Å². The third-order valence-corrected chi connectivity index (χ3v) is 3.55. The minimum Gasteiger partial charge on any atom is -0.383 e. The molecule has 1 aliphatic rings. The van der Waals surface area contributed by atoms with Gasteiger partial charge in [0.25, 0.3) is 0 Å². The molecule has 0 bridgehead atoms.